The summed E-state index contributed by atoms with van der Waals surface area (Å²) in [6.45, 7) is 1.29. The van der Waals surface area contributed by atoms with E-state index in [-0.39, 0.29) is 12.1 Å². The Labute approximate surface area is 85.2 Å². The second kappa shape index (κ2) is 3.71. The molecule has 0 spiro atoms. The van der Waals surface area contributed by atoms with Crippen molar-refractivity contribution in [2.24, 2.45) is 0 Å². The number of benzene rings is 1. The van der Waals surface area contributed by atoms with Crippen molar-refractivity contribution in [3.63, 3.8) is 0 Å². The third-order valence-electron chi connectivity index (χ3n) is 3.39. The van der Waals surface area contributed by atoms with Crippen LogP contribution in [0.3, 0.4) is 0 Å². The smallest absolute Gasteiger partial charge is 0.0692 e. The highest BCUT2D eigenvalue weighted by Gasteiger charge is 2.39. The molecule has 0 saturated carbocycles. The number of rotatable bonds is 2. The van der Waals surface area contributed by atoms with Crippen LogP contribution >= 0.6 is 0 Å². The standard InChI is InChI=1S/C12H17NO/c1-13-9-5-8-12(13,10-14)11-6-3-2-4-7-11/h2-4,6-7,14H,5,8-10H2,1H3. The van der Waals surface area contributed by atoms with Crippen molar-refractivity contribution in [2.75, 3.05) is 20.2 Å². The van der Waals surface area contributed by atoms with Gasteiger partial charge >= 0.3 is 0 Å². The quantitative estimate of drug-likeness (QED) is 0.767. The first kappa shape index (κ1) is 9.69. The Morgan fingerprint density at radius 3 is 2.57 bits per heavy atom. The Kier molecular flexibility index (Phi) is 2.57. The summed E-state index contributed by atoms with van der Waals surface area (Å²) in [5.74, 6) is 0. The Morgan fingerprint density at radius 1 is 1.36 bits per heavy atom. The predicted molar refractivity (Wildman–Crippen MR) is 57.1 cm³/mol. The maximum atomic E-state index is 9.60. The summed E-state index contributed by atoms with van der Waals surface area (Å²) in [5.41, 5.74) is 1.11. The number of likely N-dealkylation sites (N-methyl/N-ethyl adjacent to an activating group) is 1. The molecule has 1 atom stereocenters. The van der Waals surface area contributed by atoms with Gasteiger partial charge < -0.3 is 5.11 Å². The minimum Gasteiger partial charge on any atom is -0.394 e. The van der Waals surface area contributed by atoms with E-state index < -0.39 is 0 Å². The summed E-state index contributed by atoms with van der Waals surface area (Å²) < 4.78 is 0. The first-order valence-corrected chi connectivity index (χ1v) is 5.17. The minimum absolute atomic E-state index is 0.124. The fraction of sp³-hybridized carbons (Fsp3) is 0.500. The van der Waals surface area contributed by atoms with Crippen LogP contribution in [-0.4, -0.2) is 30.2 Å². The van der Waals surface area contributed by atoms with Crippen molar-refractivity contribution in [1.82, 2.24) is 4.90 Å². The van der Waals surface area contributed by atoms with Gasteiger partial charge in [-0.15, -0.1) is 0 Å². The summed E-state index contributed by atoms with van der Waals surface area (Å²) >= 11 is 0. The van der Waals surface area contributed by atoms with Gasteiger partial charge in [-0.25, -0.2) is 0 Å². The van der Waals surface area contributed by atoms with Crippen molar-refractivity contribution in [1.29, 1.82) is 0 Å². The van der Waals surface area contributed by atoms with Gasteiger partial charge in [0, 0.05) is 0 Å². The highest BCUT2D eigenvalue weighted by atomic mass is 16.3. The molecule has 2 rings (SSSR count). The summed E-state index contributed by atoms with van der Waals surface area (Å²) in [4.78, 5) is 2.27. The molecular formula is C12H17NO. The molecule has 1 fully saturated rings. The fourth-order valence-electron chi connectivity index (χ4n) is 2.42. The van der Waals surface area contributed by atoms with E-state index in [9.17, 15) is 5.11 Å². The average molecular weight is 191 g/mol. The molecule has 0 aliphatic carbocycles. The SMILES string of the molecule is CN1CCCC1(CO)c1ccccc1. The number of hydrogen-bond acceptors (Lipinski definition) is 2. The van der Waals surface area contributed by atoms with Crippen molar-refractivity contribution in [2.45, 2.75) is 18.4 Å². The topological polar surface area (TPSA) is 23.5 Å². The molecule has 1 saturated heterocycles. The van der Waals surface area contributed by atoms with Gasteiger partial charge in [-0.05, 0) is 32.0 Å². The molecule has 1 aliphatic rings. The Bertz CT molecular complexity index is 298. The summed E-state index contributed by atoms with van der Waals surface area (Å²) in [5, 5.41) is 9.60. The minimum atomic E-state index is -0.124. The third-order valence-corrected chi connectivity index (χ3v) is 3.39. The number of aliphatic hydroxyl groups excluding tert-OH is 1. The van der Waals surface area contributed by atoms with E-state index >= 15 is 0 Å². The number of hydrogen-bond donors (Lipinski definition) is 1. The number of likely N-dealkylation sites (tertiary alicyclic amines) is 1. The number of nitrogens with zero attached hydrogens (tertiary/aromatic N) is 1. The first-order chi connectivity index (χ1) is 6.79. The second-order valence-corrected chi connectivity index (χ2v) is 4.08. The maximum Gasteiger partial charge on any atom is 0.0692 e. The summed E-state index contributed by atoms with van der Waals surface area (Å²) in [6, 6.07) is 10.3. The highest BCUT2D eigenvalue weighted by Crippen LogP contribution is 2.36. The molecule has 0 amide bonds. The molecule has 1 aromatic rings. The van der Waals surface area contributed by atoms with Gasteiger partial charge in [-0.3, -0.25) is 4.90 Å². The molecule has 0 bridgehead atoms. The van der Waals surface area contributed by atoms with Crippen molar-refractivity contribution in [3.05, 3.63) is 35.9 Å². The molecular weight excluding hydrogens is 174 g/mol. The largest absolute Gasteiger partial charge is 0.394 e. The van der Waals surface area contributed by atoms with Crippen molar-refractivity contribution >= 4 is 0 Å². The van der Waals surface area contributed by atoms with Crippen LogP contribution in [-0.2, 0) is 5.54 Å². The van der Waals surface area contributed by atoms with E-state index in [0.717, 1.165) is 13.0 Å². The van der Waals surface area contributed by atoms with E-state index in [1.807, 2.05) is 18.2 Å². The number of aliphatic hydroxyl groups is 1. The second-order valence-electron chi connectivity index (χ2n) is 4.08. The van der Waals surface area contributed by atoms with Gasteiger partial charge in [0.25, 0.3) is 0 Å². The van der Waals surface area contributed by atoms with Gasteiger partial charge in [0.15, 0.2) is 0 Å². The zero-order chi connectivity index (χ0) is 10.0. The molecule has 1 N–H and O–H groups in total. The van der Waals surface area contributed by atoms with Crippen molar-refractivity contribution < 1.29 is 5.11 Å². The Balaban J connectivity index is 2.38. The van der Waals surface area contributed by atoms with Crippen LogP contribution in [0.25, 0.3) is 0 Å². The van der Waals surface area contributed by atoms with E-state index in [1.165, 1.54) is 12.0 Å². The lowest BCUT2D eigenvalue weighted by Gasteiger charge is -2.34. The lowest BCUT2D eigenvalue weighted by Crippen LogP contribution is -2.41. The summed E-state index contributed by atoms with van der Waals surface area (Å²) in [7, 11) is 2.09. The average Bonchev–Trinajstić information content (AvgIpc) is 2.62. The highest BCUT2D eigenvalue weighted by molar-refractivity contribution is 5.26. The van der Waals surface area contributed by atoms with E-state index in [1.54, 1.807) is 0 Å². The summed E-state index contributed by atoms with van der Waals surface area (Å²) in [6.07, 6.45) is 2.23. The van der Waals surface area contributed by atoms with E-state index in [0.29, 0.717) is 0 Å². The molecule has 14 heavy (non-hydrogen) atoms. The molecule has 1 aromatic carbocycles. The molecule has 1 heterocycles. The Morgan fingerprint density at radius 2 is 2.07 bits per heavy atom. The van der Waals surface area contributed by atoms with Crippen LogP contribution < -0.4 is 0 Å². The van der Waals surface area contributed by atoms with Crippen LogP contribution in [0.2, 0.25) is 0 Å². The zero-order valence-electron chi connectivity index (χ0n) is 8.61. The first-order valence-electron chi connectivity index (χ1n) is 5.17. The fourth-order valence-corrected chi connectivity index (χ4v) is 2.42. The lowest BCUT2D eigenvalue weighted by atomic mass is 9.88. The van der Waals surface area contributed by atoms with Crippen LogP contribution in [0.1, 0.15) is 18.4 Å². The van der Waals surface area contributed by atoms with Gasteiger partial charge in [0.2, 0.25) is 0 Å². The Hall–Kier alpha value is -0.860. The maximum absolute atomic E-state index is 9.60. The molecule has 2 heteroatoms. The van der Waals surface area contributed by atoms with Gasteiger partial charge in [0.1, 0.15) is 0 Å². The molecule has 1 unspecified atom stereocenters. The third kappa shape index (κ3) is 1.35. The van der Waals surface area contributed by atoms with E-state index in [4.69, 9.17) is 0 Å². The molecule has 1 aliphatic heterocycles. The normalized spacial score (nSPS) is 28.1. The monoisotopic (exact) mass is 191 g/mol. The van der Waals surface area contributed by atoms with Crippen LogP contribution in [0.4, 0.5) is 0 Å². The molecule has 76 valence electrons. The van der Waals surface area contributed by atoms with Crippen molar-refractivity contribution in [3.8, 4) is 0 Å². The molecule has 2 nitrogen and oxygen atoms in total. The molecule has 0 radical (unpaired) electrons. The van der Waals surface area contributed by atoms with Crippen LogP contribution in [0.15, 0.2) is 30.3 Å². The van der Waals surface area contributed by atoms with E-state index in [2.05, 4.69) is 24.1 Å². The zero-order valence-corrected chi connectivity index (χ0v) is 8.61. The van der Waals surface area contributed by atoms with Crippen LogP contribution in [0.5, 0.6) is 0 Å². The predicted octanol–water partition coefficient (Wildman–Crippen LogP) is 1.60. The van der Waals surface area contributed by atoms with Gasteiger partial charge in [-0.2, -0.15) is 0 Å². The lowest BCUT2D eigenvalue weighted by molar-refractivity contribution is 0.0823. The van der Waals surface area contributed by atoms with Gasteiger partial charge in [-0.1, -0.05) is 30.3 Å². The van der Waals surface area contributed by atoms with Gasteiger partial charge in [0.05, 0.1) is 12.1 Å². The van der Waals surface area contributed by atoms with Crippen LogP contribution in [0, 0.1) is 0 Å². The molecule has 0 aromatic heterocycles.